The third-order valence-electron chi connectivity index (χ3n) is 1.39. The van der Waals surface area contributed by atoms with Crippen molar-refractivity contribution in [2.75, 3.05) is 0 Å². The predicted molar refractivity (Wildman–Crippen MR) is 39.9 cm³/mol. The summed E-state index contributed by atoms with van der Waals surface area (Å²) in [5.74, 6) is 0. The molecule has 63 valence electrons. The average Bonchev–Trinajstić information content (AvgIpc) is 1.88. The molecule has 0 rings (SSSR count). The lowest BCUT2D eigenvalue weighted by Gasteiger charge is -2.23. The van der Waals surface area contributed by atoms with Gasteiger partial charge in [-0.2, -0.15) is 0 Å². The third kappa shape index (κ3) is 2.76. The van der Waals surface area contributed by atoms with E-state index in [0.717, 1.165) is 0 Å². The van der Waals surface area contributed by atoms with Gasteiger partial charge in [-0.25, -0.2) is 0 Å². The molecule has 0 saturated carbocycles. The fraction of sp³-hybridized carbons (Fsp3) is 0.833. The summed E-state index contributed by atoms with van der Waals surface area (Å²) in [5, 5.41) is 21.4. The van der Waals surface area contributed by atoms with Crippen molar-refractivity contribution < 1.29 is 10.2 Å². The quantitative estimate of drug-likeness (QED) is 0.370. The highest BCUT2D eigenvalue weighted by Gasteiger charge is 2.31. The van der Waals surface area contributed by atoms with Crippen molar-refractivity contribution >= 4 is 0 Å². The molecule has 0 aliphatic heterocycles. The van der Waals surface area contributed by atoms with Gasteiger partial charge in [0.15, 0.2) is 5.72 Å². The molecule has 0 heterocycles. The molecule has 5 heteroatoms. The van der Waals surface area contributed by atoms with E-state index in [9.17, 15) is 5.11 Å². The first-order valence-corrected chi connectivity index (χ1v) is 3.38. The van der Waals surface area contributed by atoms with E-state index in [1.54, 1.807) is 0 Å². The van der Waals surface area contributed by atoms with Crippen LogP contribution in [0.1, 0.15) is 26.7 Å². The second-order valence-corrected chi connectivity index (χ2v) is 2.34. The molecule has 2 N–H and O–H groups in total. The van der Waals surface area contributed by atoms with Gasteiger partial charge in [0.2, 0.25) is 0 Å². The number of aliphatic hydroxyl groups excluding tert-OH is 1. The molecule has 0 aromatic heterocycles. The van der Waals surface area contributed by atoms with Gasteiger partial charge in [-0.05, 0) is 18.9 Å². The molecule has 0 amide bonds. The zero-order valence-electron chi connectivity index (χ0n) is 6.65. The van der Waals surface area contributed by atoms with Crippen molar-refractivity contribution in [3.05, 3.63) is 16.5 Å². The number of nitrogens with zero attached hydrogens (tertiary/aromatic N) is 3. The van der Waals surface area contributed by atoms with Crippen LogP contribution >= 0.6 is 0 Å². The molecule has 5 nitrogen and oxygen atoms in total. The Kier molecular flexibility index (Phi) is 3.89. The van der Waals surface area contributed by atoms with Crippen molar-refractivity contribution in [2.24, 2.45) is 5.11 Å². The number of azide groups is 1. The van der Waals surface area contributed by atoms with Crippen LogP contribution < -0.4 is 0 Å². The maximum atomic E-state index is 9.38. The molecule has 0 fully saturated rings. The van der Waals surface area contributed by atoms with Gasteiger partial charge in [-0.15, -0.1) is 0 Å². The maximum absolute atomic E-state index is 9.38. The molecule has 0 aromatic carbocycles. The summed E-state index contributed by atoms with van der Waals surface area (Å²) in [5.41, 5.74) is 6.33. The fourth-order valence-electron chi connectivity index (χ4n) is 0.726. The maximum Gasteiger partial charge on any atom is 0.174 e. The summed E-state index contributed by atoms with van der Waals surface area (Å²) in [6, 6.07) is 0. The summed E-state index contributed by atoms with van der Waals surface area (Å²) in [6.07, 6.45) is 0.601. The summed E-state index contributed by atoms with van der Waals surface area (Å²) >= 11 is 0. The van der Waals surface area contributed by atoms with Crippen LogP contribution in [0.2, 0.25) is 0 Å². The van der Waals surface area contributed by atoms with Crippen molar-refractivity contribution in [2.45, 2.75) is 32.4 Å². The zero-order chi connectivity index (χ0) is 8.91. The highest BCUT2D eigenvalue weighted by molar-refractivity contribution is 4.94. The lowest BCUT2D eigenvalue weighted by molar-refractivity contribution is -0.00669. The van der Waals surface area contributed by atoms with E-state index in [1.165, 1.54) is 6.92 Å². The van der Waals surface area contributed by atoms with Crippen molar-refractivity contribution in [3.8, 4) is 0 Å². The summed E-state index contributed by atoms with van der Waals surface area (Å²) in [4.78, 5) is 2.44. The molecule has 0 aliphatic carbocycles. The Bertz CT molecular complexity index is 165. The molecule has 1 atom stereocenters. The van der Waals surface area contributed by atoms with Gasteiger partial charge in [-0.1, -0.05) is 18.5 Å². The Balaban J connectivity index is 4.37. The van der Waals surface area contributed by atoms with Gasteiger partial charge in [-0.3, -0.25) is 0 Å². The van der Waals surface area contributed by atoms with Crippen LogP contribution in [0.4, 0.5) is 0 Å². The van der Waals surface area contributed by atoms with E-state index in [4.69, 9.17) is 10.6 Å². The average molecular weight is 158 g/mol. The van der Waals surface area contributed by atoms with Crippen LogP contribution in [-0.2, 0) is 0 Å². The lowest BCUT2D eigenvalue weighted by atomic mass is 10.0. The van der Waals surface area contributed by atoms with E-state index < -0.39 is 5.72 Å². The standard InChI is InChI=1S/C6H12N3O2/c1-3-4-6(11,5(2)10)8-9-7/h10-11H,3-4H2,1-2H3. The molecular weight excluding hydrogens is 146 g/mol. The normalized spacial score (nSPS) is 15.7. The molecule has 1 radical (unpaired) electrons. The van der Waals surface area contributed by atoms with E-state index in [0.29, 0.717) is 6.42 Å². The highest BCUT2D eigenvalue weighted by Crippen LogP contribution is 2.24. The lowest BCUT2D eigenvalue weighted by Crippen LogP contribution is -2.31. The number of hydrogen-bond acceptors (Lipinski definition) is 3. The summed E-state index contributed by atoms with van der Waals surface area (Å²) in [6.45, 7) is 3.13. The zero-order valence-corrected chi connectivity index (χ0v) is 6.65. The van der Waals surface area contributed by atoms with Crippen LogP contribution in [0.5, 0.6) is 0 Å². The number of aliphatic hydroxyl groups is 2. The van der Waals surface area contributed by atoms with Gasteiger partial charge < -0.3 is 10.2 Å². The second-order valence-electron chi connectivity index (χ2n) is 2.34. The van der Waals surface area contributed by atoms with Gasteiger partial charge in [0.05, 0.1) is 0 Å². The minimum absolute atomic E-state index is 0.236. The van der Waals surface area contributed by atoms with E-state index in [1.807, 2.05) is 6.92 Å². The largest absolute Gasteiger partial charge is 0.384 e. The van der Waals surface area contributed by atoms with E-state index >= 15 is 0 Å². The van der Waals surface area contributed by atoms with Crippen LogP contribution in [0.25, 0.3) is 10.4 Å². The second kappa shape index (κ2) is 4.18. The van der Waals surface area contributed by atoms with Gasteiger partial charge >= 0.3 is 0 Å². The van der Waals surface area contributed by atoms with Crippen molar-refractivity contribution in [1.29, 1.82) is 0 Å². The van der Waals surface area contributed by atoms with Crippen LogP contribution in [0.15, 0.2) is 5.11 Å². The smallest absolute Gasteiger partial charge is 0.174 e. The number of rotatable bonds is 4. The molecule has 0 aliphatic rings. The molecule has 1 unspecified atom stereocenters. The predicted octanol–water partition coefficient (Wildman–Crippen LogP) is 1.71. The molecule has 0 saturated heterocycles. The third-order valence-corrected chi connectivity index (χ3v) is 1.39. The molecule has 11 heavy (non-hydrogen) atoms. The van der Waals surface area contributed by atoms with Gasteiger partial charge in [0.1, 0.15) is 6.10 Å². The summed E-state index contributed by atoms with van der Waals surface area (Å²) < 4.78 is 0. The molecule has 0 bridgehead atoms. The first-order valence-electron chi connectivity index (χ1n) is 3.38. The Morgan fingerprint density at radius 1 is 1.73 bits per heavy atom. The molecule has 0 aromatic rings. The minimum atomic E-state index is -1.72. The van der Waals surface area contributed by atoms with Crippen LogP contribution in [0.3, 0.4) is 0 Å². The van der Waals surface area contributed by atoms with Crippen molar-refractivity contribution in [1.82, 2.24) is 0 Å². The van der Waals surface area contributed by atoms with Gasteiger partial charge in [0, 0.05) is 4.91 Å². The highest BCUT2D eigenvalue weighted by atomic mass is 16.4. The molecular formula is C6H12N3O2. The Morgan fingerprint density at radius 2 is 2.27 bits per heavy atom. The van der Waals surface area contributed by atoms with Crippen molar-refractivity contribution in [3.63, 3.8) is 0 Å². The Labute approximate surface area is 65.3 Å². The monoisotopic (exact) mass is 158 g/mol. The fourth-order valence-corrected chi connectivity index (χ4v) is 0.726. The number of hydrogen-bond donors (Lipinski definition) is 2. The first kappa shape index (κ1) is 10.2. The van der Waals surface area contributed by atoms with Crippen LogP contribution in [-0.4, -0.2) is 15.9 Å². The molecule has 0 spiro atoms. The Hall–Kier alpha value is -0.770. The van der Waals surface area contributed by atoms with Gasteiger partial charge in [0.25, 0.3) is 0 Å². The topological polar surface area (TPSA) is 89.2 Å². The summed E-state index contributed by atoms with van der Waals surface area (Å²) in [7, 11) is 0. The van der Waals surface area contributed by atoms with Crippen LogP contribution in [0, 0.1) is 6.10 Å². The van der Waals surface area contributed by atoms with E-state index in [-0.39, 0.29) is 12.5 Å². The SMILES string of the molecule is CCCC(O)(N=[N+]=[N-])[C](C)O. The Morgan fingerprint density at radius 3 is 2.55 bits per heavy atom. The van der Waals surface area contributed by atoms with E-state index in [2.05, 4.69) is 10.0 Å². The minimum Gasteiger partial charge on any atom is -0.384 e. The first-order chi connectivity index (χ1) is 5.06.